The van der Waals surface area contributed by atoms with Crippen LogP contribution in [0.4, 0.5) is 17.1 Å². The Morgan fingerprint density at radius 2 is 1.03 bits per heavy atom. The van der Waals surface area contributed by atoms with Gasteiger partial charge in [0.1, 0.15) is 0 Å². The third-order valence-electron chi connectivity index (χ3n) is 12.7. The minimum Gasteiger partial charge on any atom is -0.399 e. The summed E-state index contributed by atoms with van der Waals surface area (Å²) in [6.45, 7) is 6.88. The molecule has 0 spiro atoms. The number of nitrogens with two attached hydrogens (primary N) is 2. The Morgan fingerprint density at radius 3 is 1.75 bits per heavy atom. The number of hydrogen-bond donors (Lipinski definition) is 3. The number of benzene rings is 9. The van der Waals surface area contributed by atoms with Crippen LogP contribution in [-0.4, -0.2) is 0 Å². The average Bonchev–Trinajstić information content (AvgIpc) is 3.70. The monoisotopic (exact) mass is 877 g/mol. The van der Waals surface area contributed by atoms with Crippen molar-refractivity contribution in [2.45, 2.75) is 18.8 Å². The lowest BCUT2D eigenvalue weighted by molar-refractivity contribution is 0.773. The van der Waals surface area contributed by atoms with Crippen LogP contribution >= 0.6 is 0 Å². The van der Waals surface area contributed by atoms with Crippen molar-refractivity contribution in [3.63, 3.8) is 0 Å². The van der Waals surface area contributed by atoms with Gasteiger partial charge in [0, 0.05) is 28.3 Å². The first-order valence-corrected chi connectivity index (χ1v) is 23.2. The molecule has 0 bridgehead atoms. The second-order valence-corrected chi connectivity index (χ2v) is 17.0. The SMILES string of the molecule is C=C(/C=C\C=C/C)C1(c2ccccc2Nc2ccccc2)c2ccccc2-c2ccc(-c3ccc(-c4ccccc4/C(N)=C/Cc4ccccc4)cc3)cc21.Nc1ccc(-c2ccccc2)cc1. The smallest absolute Gasteiger partial charge is 0.0728 e. The average molecular weight is 878 g/mol. The zero-order valence-electron chi connectivity index (χ0n) is 38.4. The number of para-hydroxylation sites is 2. The zero-order valence-corrected chi connectivity index (χ0v) is 38.4. The van der Waals surface area contributed by atoms with E-state index in [0.717, 1.165) is 68.1 Å². The highest BCUT2D eigenvalue weighted by Crippen LogP contribution is 2.58. The third kappa shape index (κ3) is 9.37. The van der Waals surface area contributed by atoms with Crippen molar-refractivity contribution < 1.29 is 0 Å². The molecule has 9 aromatic carbocycles. The summed E-state index contributed by atoms with van der Waals surface area (Å²) >= 11 is 0. The molecule has 9 aromatic rings. The summed E-state index contributed by atoms with van der Waals surface area (Å²) in [5.74, 6) is 0. The minimum absolute atomic E-state index is 0.652. The molecule has 1 atom stereocenters. The molecule has 0 fully saturated rings. The Kier molecular flexibility index (Phi) is 13.5. The molecule has 0 saturated carbocycles. The van der Waals surface area contributed by atoms with Gasteiger partial charge >= 0.3 is 0 Å². The minimum atomic E-state index is -0.652. The summed E-state index contributed by atoms with van der Waals surface area (Å²) in [5.41, 5.74) is 31.6. The van der Waals surface area contributed by atoms with Gasteiger partial charge in [0.15, 0.2) is 0 Å². The van der Waals surface area contributed by atoms with Gasteiger partial charge in [-0.3, -0.25) is 0 Å². The molecule has 0 saturated heterocycles. The maximum Gasteiger partial charge on any atom is 0.0728 e. The van der Waals surface area contributed by atoms with E-state index in [4.69, 9.17) is 18.0 Å². The molecule has 0 aliphatic heterocycles. The zero-order chi connectivity index (χ0) is 46.7. The molecular formula is C65H55N3. The van der Waals surface area contributed by atoms with Gasteiger partial charge in [0.25, 0.3) is 0 Å². The molecule has 5 N–H and O–H groups in total. The van der Waals surface area contributed by atoms with Gasteiger partial charge in [-0.15, -0.1) is 0 Å². The van der Waals surface area contributed by atoms with E-state index in [1.54, 1.807) is 0 Å². The van der Waals surface area contributed by atoms with Crippen LogP contribution in [0.3, 0.4) is 0 Å². The standard InChI is InChI=1S/C53H44N2.C12H11N/c1-3-4-7-18-38(2)53(49-27-16-17-28-52(49)55-43-21-10-6-11-22-43)48-26-15-14-24-45(48)46-35-34-42(37-50(46)53)40-30-32-41(33-31-40)44-23-12-13-25-47(44)51(54)36-29-39-19-8-5-9-20-39;13-12-8-6-11(7-9-12)10-4-2-1-3-5-10/h3-28,30-37,55H,2,29,54H2,1H3;1-9H,13H2/b4-3-,18-7-,51-36-;. The number of nitrogen functional groups attached to an aromatic ring is 1. The molecule has 68 heavy (non-hydrogen) atoms. The van der Waals surface area contributed by atoms with E-state index >= 15 is 0 Å². The molecule has 330 valence electrons. The summed E-state index contributed by atoms with van der Waals surface area (Å²) < 4.78 is 0. The normalized spacial score (nSPS) is 13.9. The van der Waals surface area contributed by atoms with E-state index in [1.165, 1.54) is 38.9 Å². The summed E-state index contributed by atoms with van der Waals surface area (Å²) in [6, 6.07) is 80.7. The third-order valence-corrected chi connectivity index (χ3v) is 12.7. The van der Waals surface area contributed by atoms with Crippen molar-refractivity contribution >= 4 is 22.8 Å². The van der Waals surface area contributed by atoms with E-state index in [-0.39, 0.29) is 0 Å². The molecule has 3 heteroatoms. The van der Waals surface area contributed by atoms with Gasteiger partial charge < -0.3 is 16.8 Å². The van der Waals surface area contributed by atoms with E-state index in [9.17, 15) is 0 Å². The van der Waals surface area contributed by atoms with Gasteiger partial charge in [0.2, 0.25) is 0 Å². The van der Waals surface area contributed by atoms with Crippen LogP contribution in [0.15, 0.2) is 273 Å². The van der Waals surface area contributed by atoms with E-state index in [0.29, 0.717) is 0 Å². The quantitative estimate of drug-likeness (QED) is 0.0846. The molecular weight excluding hydrogens is 823 g/mol. The van der Waals surface area contributed by atoms with Crippen LogP contribution in [0, 0.1) is 0 Å². The Hall–Kier alpha value is -8.66. The van der Waals surface area contributed by atoms with Crippen molar-refractivity contribution in [3.05, 3.63) is 301 Å². The highest BCUT2D eigenvalue weighted by molar-refractivity contribution is 5.91. The largest absolute Gasteiger partial charge is 0.399 e. The summed E-state index contributed by atoms with van der Waals surface area (Å²) in [4.78, 5) is 0. The van der Waals surface area contributed by atoms with Gasteiger partial charge in [-0.1, -0.05) is 231 Å². The van der Waals surface area contributed by atoms with Crippen molar-refractivity contribution in [1.29, 1.82) is 0 Å². The molecule has 1 aliphatic carbocycles. The van der Waals surface area contributed by atoms with Crippen LogP contribution < -0.4 is 16.8 Å². The van der Waals surface area contributed by atoms with Crippen LogP contribution in [0.1, 0.15) is 34.7 Å². The summed E-state index contributed by atoms with van der Waals surface area (Å²) in [5, 5.41) is 3.76. The van der Waals surface area contributed by atoms with Crippen LogP contribution in [0.2, 0.25) is 0 Å². The first kappa shape index (κ1) is 44.5. The number of allylic oxidation sites excluding steroid dienone is 6. The lowest BCUT2D eigenvalue weighted by Gasteiger charge is -2.36. The highest BCUT2D eigenvalue weighted by Gasteiger charge is 2.47. The van der Waals surface area contributed by atoms with Gasteiger partial charge in [-0.2, -0.15) is 0 Å². The van der Waals surface area contributed by atoms with Crippen LogP contribution in [-0.2, 0) is 11.8 Å². The van der Waals surface area contributed by atoms with Crippen LogP contribution in [0.25, 0.3) is 50.2 Å². The molecule has 0 amide bonds. The van der Waals surface area contributed by atoms with E-state index < -0.39 is 5.41 Å². The summed E-state index contributed by atoms with van der Waals surface area (Å²) in [6.07, 6.45) is 11.3. The Morgan fingerprint density at radius 1 is 0.500 bits per heavy atom. The molecule has 0 aromatic heterocycles. The van der Waals surface area contributed by atoms with Crippen molar-refractivity contribution in [2.75, 3.05) is 11.1 Å². The molecule has 0 heterocycles. The molecule has 1 unspecified atom stereocenters. The molecule has 3 nitrogen and oxygen atoms in total. The van der Waals surface area contributed by atoms with Gasteiger partial charge in [-0.05, 0) is 122 Å². The fraction of sp³-hybridized carbons (Fsp3) is 0.0462. The lowest BCUT2D eigenvalue weighted by Crippen LogP contribution is -2.29. The number of anilines is 3. The van der Waals surface area contributed by atoms with Crippen molar-refractivity contribution in [1.82, 2.24) is 0 Å². The second kappa shape index (κ2) is 20.7. The van der Waals surface area contributed by atoms with Gasteiger partial charge in [-0.25, -0.2) is 0 Å². The number of fused-ring (bicyclic) bond motifs is 3. The summed E-state index contributed by atoms with van der Waals surface area (Å²) in [7, 11) is 0. The number of rotatable bonds is 12. The molecule has 0 radical (unpaired) electrons. The first-order valence-electron chi connectivity index (χ1n) is 23.2. The topological polar surface area (TPSA) is 64.1 Å². The molecule has 1 aliphatic rings. The predicted molar refractivity (Wildman–Crippen MR) is 290 cm³/mol. The van der Waals surface area contributed by atoms with Crippen LogP contribution in [0.5, 0.6) is 0 Å². The fourth-order valence-corrected chi connectivity index (χ4v) is 9.36. The Bertz CT molecular complexity index is 3240. The van der Waals surface area contributed by atoms with E-state index in [2.05, 4.69) is 206 Å². The number of nitrogens with one attached hydrogen (secondary N) is 1. The lowest BCUT2D eigenvalue weighted by atomic mass is 9.66. The number of hydrogen-bond acceptors (Lipinski definition) is 3. The first-order chi connectivity index (χ1) is 33.4. The van der Waals surface area contributed by atoms with E-state index in [1.807, 2.05) is 67.6 Å². The maximum atomic E-state index is 6.72. The Labute approximate surface area is 401 Å². The van der Waals surface area contributed by atoms with Crippen molar-refractivity contribution in [2.24, 2.45) is 5.73 Å². The molecule has 10 rings (SSSR count). The Balaban J connectivity index is 0.000000382. The van der Waals surface area contributed by atoms with Gasteiger partial charge in [0.05, 0.1) is 5.41 Å². The maximum absolute atomic E-state index is 6.72. The second-order valence-electron chi connectivity index (χ2n) is 17.0. The van der Waals surface area contributed by atoms with Crippen molar-refractivity contribution in [3.8, 4) is 44.5 Å². The highest BCUT2D eigenvalue weighted by atomic mass is 14.9. The predicted octanol–water partition coefficient (Wildman–Crippen LogP) is 16.2. The fourth-order valence-electron chi connectivity index (χ4n) is 9.36.